The summed E-state index contributed by atoms with van der Waals surface area (Å²) < 4.78 is 0. The number of nitrogens with zero attached hydrogens (tertiary/aromatic N) is 2. The van der Waals surface area contributed by atoms with E-state index >= 15 is 0 Å². The topological polar surface area (TPSA) is 43.8 Å². The second kappa shape index (κ2) is 4.77. The minimum Gasteiger partial charge on any atom is -0.478 e. The first kappa shape index (κ1) is 10.6. The lowest BCUT2D eigenvalue weighted by atomic mass is 10.3. The number of hydrogen-bond acceptors (Lipinski definition) is 3. The molecule has 1 saturated carbocycles. The Bertz CT molecular complexity index is 253. The summed E-state index contributed by atoms with van der Waals surface area (Å²) in [5.41, 5.74) is 0. The van der Waals surface area contributed by atoms with E-state index in [-0.39, 0.29) is 0 Å². The maximum Gasteiger partial charge on any atom is 0.328 e. The van der Waals surface area contributed by atoms with E-state index in [4.69, 9.17) is 5.11 Å². The van der Waals surface area contributed by atoms with Gasteiger partial charge >= 0.3 is 5.97 Å². The molecular weight excluding hydrogens is 192 g/mol. The molecule has 1 aliphatic heterocycles. The number of aliphatic carboxylic acids is 1. The smallest absolute Gasteiger partial charge is 0.328 e. The Balaban J connectivity index is 1.66. The van der Waals surface area contributed by atoms with E-state index < -0.39 is 5.97 Å². The number of carboxylic acids is 1. The van der Waals surface area contributed by atoms with Crippen LogP contribution >= 0.6 is 0 Å². The second-order valence-electron chi connectivity index (χ2n) is 4.31. The highest BCUT2D eigenvalue weighted by atomic mass is 16.4. The number of piperazine rings is 1. The number of hydrogen-bond donors (Lipinski definition) is 1. The van der Waals surface area contributed by atoms with Gasteiger partial charge in [0.05, 0.1) is 0 Å². The predicted octanol–water partition coefficient (Wildman–Crippen LogP) is 0.407. The highest BCUT2D eigenvalue weighted by Crippen LogP contribution is 2.27. The number of carboxylic acid groups (broad SMARTS) is 1. The van der Waals surface area contributed by atoms with E-state index in [1.54, 1.807) is 6.08 Å². The molecule has 2 rings (SSSR count). The Morgan fingerprint density at radius 2 is 1.93 bits per heavy atom. The van der Waals surface area contributed by atoms with Gasteiger partial charge in [-0.3, -0.25) is 9.80 Å². The van der Waals surface area contributed by atoms with E-state index in [1.165, 1.54) is 18.9 Å². The van der Waals surface area contributed by atoms with Crippen molar-refractivity contribution < 1.29 is 9.90 Å². The molecule has 0 unspecified atom stereocenters. The number of rotatable bonds is 4. The predicted molar refractivity (Wildman–Crippen MR) is 57.8 cm³/mol. The fourth-order valence-electron chi connectivity index (χ4n) is 2.05. The minimum atomic E-state index is -0.855. The van der Waals surface area contributed by atoms with Crippen LogP contribution in [0.5, 0.6) is 0 Å². The van der Waals surface area contributed by atoms with Crippen molar-refractivity contribution in [3.63, 3.8) is 0 Å². The number of carbonyl (C=O) groups is 1. The van der Waals surface area contributed by atoms with Crippen LogP contribution in [0.3, 0.4) is 0 Å². The zero-order valence-electron chi connectivity index (χ0n) is 8.93. The van der Waals surface area contributed by atoms with Crippen molar-refractivity contribution in [1.29, 1.82) is 0 Å². The van der Waals surface area contributed by atoms with Gasteiger partial charge in [-0.05, 0) is 12.8 Å². The van der Waals surface area contributed by atoms with Crippen molar-refractivity contribution >= 4 is 5.97 Å². The van der Waals surface area contributed by atoms with Crippen LogP contribution in [0.1, 0.15) is 12.8 Å². The van der Waals surface area contributed by atoms with Crippen molar-refractivity contribution in [1.82, 2.24) is 9.80 Å². The fourth-order valence-corrected chi connectivity index (χ4v) is 2.05. The van der Waals surface area contributed by atoms with Gasteiger partial charge in [-0.1, -0.05) is 6.08 Å². The summed E-state index contributed by atoms with van der Waals surface area (Å²) >= 11 is 0. The summed E-state index contributed by atoms with van der Waals surface area (Å²) in [6, 6.07) is 0.863. The Morgan fingerprint density at radius 1 is 1.27 bits per heavy atom. The molecule has 0 aromatic rings. The summed E-state index contributed by atoms with van der Waals surface area (Å²) in [5.74, 6) is -0.855. The average molecular weight is 210 g/mol. The van der Waals surface area contributed by atoms with Crippen molar-refractivity contribution in [3.8, 4) is 0 Å². The molecule has 0 radical (unpaired) electrons. The van der Waals surface area contributed by atoms with Gasteiger partial charge in [0.25, 0.3) is 0 Å². The summed E-state index contributed by atoms with van der Waals surface area (Å²) in [4.78, 5) is 15.1. The SMILES string of the molecule is O=C(O)C=CCN1CCN(C2CC2)CC1. The third-order valence-corrected chi connectivity index (χ3v) is 3.09. The van der Waals surface area contributed by atoms with E-state index in [1.807, 2.05) is 0 Å². The molecule has 2 aliphatic rings. The normalized spacial score (nSPS) is 24.8. The van der Waals surface area contributed by atoms with Gasteiger partial charge in [-0.25, -0.2) is 4.79 Å². The molecule has 0 amide bonds. The Labute approximate surface area is 90.2 Å². The first-order valence-electron chi connectivity index (χ1n) is 5.61. The molecule has 0 aromatic heterocycles. The third-order valence-electron chi connectivity index (χ3n) is 3.09. The van der Waals surface area contributed by atoms with Gasteiger partial charge in [0.2, 0.25) is 0 Å². The third kappa shape index (κ3) is 3.32. The summed E-state index contributed by atoms with van der Waals surface area (Å²) in [6.45, 7) is 5.20. The molecule has 0 aromatic carbocycles. The van der Waals surface area contributed by atoms with Crippen LogP contribution in [-0.4, -0.2) is 59.6 Å². The molecular formula is C11H18N2O2. The zero-order chi connectivity index (χ0) is 10.7. The molecule has 1 saturated heterocycles. The van der Waals surface area contributed by atoms with Crippen LogP contribution < -0.4 is 0 Å². The molecule has 0 atom stereocenters. The van der Waals surface area contributed by atoms with Gasteiger partial charge in [-0.15, -0.1) is 0 Å². The van der Waals surface area contributed by atoms with Crippen LogP contribution in [-0.2, 0) is 4.79 Å². The Morgan fingerprint density at radius 3 is 2.47 bits per heavy atom. The standard InChI is InChI=1S/C11H18N2O2/c14-11(15)2-1-5-12-6-8-13(9-7-12)10-3-4-10/h1-2,10H,3-9H2,(H,14,15). The maximum atomic E-state index is 10.3. The van der Waals surface area contributed by atoms with E-state index in [9.17, 15) is 4.79 Å². The van der Waals surface area contributed by atoms with E-state index in [2.05, 4.69) is 9.80 Å². The zero-order valence-corrected chi connectivity index (χ0v) is 8.93. The van der Waals surface area contributed by atoms with Crippen LogP contribution in [0.4, 0.5) is 0 Å². The van der Waals surface area contributed by atoms with Crippen LogP contribution in [0, 0.1) is 0 Å². The van der Waals surface area contributed by atoms with Gasteiger partial charge in [0, 0.05) is 44.8 Å². The molecule has 4 nitrogen and oxygen atoms in total. The van der Waals surface area contributed by atoms with Crippen molar-refractivity contribution in [2.24, 2.45) is 0 Å². The first-order chi connectivity index (χ1) is 7.25. The lowest BCUT2D eigenvalue weighted by molar-refractivity contribution is -0.131. The molecule has 0 bridgehead atoms. The van der Waals surface area contributed by atoms with Crippen molar-refractivity contribution in [2.45, 2.75) is 18.9 Å². The lowest BCUT2D eigenvalue weighted by Gasteiger charge is -2.34. The van der Waals surface area contributed by atoms with Gasteiger partial charge in [0.1, 0.15) is 0 Å². The second-order valence-corrected chi connectivity index (χ2v) is 4.31. The molecule has 4 heteroatoms. The highest BCUT2D eigenvalue weighted by Gasteiger charge is 2.30. The maximum absolute atomic E-state index is 10.3. The van der Waals surface area contributed by atoms with E-state index in [0.29, 0.717) is 0 Å². The quantitative estimate of drug-likeness (QED) is 0.682. The molecule has 2 fully saturated rings. The van der Waals surface area contributed by atoms with Gasteiger partial charge in [-0.2, -0.15) is 0 Å². The fraction of sp³-hybridized carbons (Fsp3) is 0.727. The summed E-state index contributed by atoms with van der Waals surface area (Å²) in [6.07, 6.45) is 5.71. The molecule has 1 N–H and O–H groups in total. The monoisotopic (exact) mass is 210 g/mol. The van der Waals surface area contributed by atoms with Crippen molar-refractivity contribution in [2.75, 3.05) is 32.7 Å². The Kier molecular flexibility index (Phi) is 3.38. The van der Waals surface area contributed by atoms with E-state index in [0.717, 1.165) is 38.8 Å². The van der Waals surface area contributed by atoms with Crippen LogP contribution in [0.2, 0.25) is 0 Å². The van der Waals surface area contributed by atoms with Crippen LogP contribution in [0.15, 0.2) is 12.2 Å². The summed E-state index contributed by atoms with van der Waals surface area (Å²) in [5, 5.41) is 8.45. The molecule has 15 heavy (non-hydrogen) atoms. The molecule has 1 heterocycles. The van der Waals surface area contributed by atoms with Gasteiger partial charge in [0.15, 0.2) is 0 Å². The Hall–Kier alpha value is -0.870. The molecule has 0 spiro atoms. The highest BCUT2D eigenvalue weighted by molar-refractivity contribution is 5.79. The minimum absolute atomic E-state index is 0.769. The van der Waals surface area contributed by atoms with Crippen LogP contribution in [0.25, 0.3) is 0 Å². The van der Waals surface area contributed by atoms with Gasteiger partial charge < -0.3 is 5.11 Å². The largest absolute Gasteiger partial charge is 0.478 e. The molecule has 84 valence electrons. The average Bonchev–Trinajstić information content (AvgIpc) is 3.02. The molecule has 1 aliphatic carbocycles. The first-order valence-corrected chi connectivity index (χ1v) is 5.61. The lowest BCUT2D eigenvalue weighted by Crippen LogP contribution is -2.47. The van der Waals surface area contributed by atoms with Crippen molar-refractivity contribution in [3.05, 3.63) is 12.2 Å². The summed E-state index contributed by atoms with van der Waals surface area (Å²) in [7, 11) is 0.